The first-order valence-corrected chi connectivity index (χ1v) is 38.0. The molecule has 1 aliphatic rings. The molecule has 1 nitrogen and oxygen atoms in total. The van der Waals surface area contributed by atoms with E-state index in [-0.39, 0.29) is 0 Å². The smallest absolute Gasteiger partial charge is 0.0394 e. The topological polar surface area (TPSA) is 12.4 Å². The molecule has 1 aliphatic heterocycles. The number of nitrogens with zero attached hydrogens (tertiary/aromatic N) is 1. The van der Waals surface area contributed by atoms with Crippen LogP contribution in [0.25, 0.3) is 0 Å². The van der Waals surface area contributed by atoms with Gasteiger partial charge in [0.25, 0.3) is 0 Å². The molecule has 0 bridgehead atoms. The first kappa shape index (κ1) is 75.4. The summed E-state index contributed by atoms with van der Waals surface area (Å²) in [6, 6.07) is 0. The highest BCUT2D eigenvalue weighted by Gasteiger charge is 2.28. The van der Waals surface area contributed by atoms with Crippen LogP contribution < -0.4 is 0 Å². The van der Waals surface area contributed by atoms with E-state index in [1.54, 1.807) is 5.70 Å². The van der Waals surface area contributed by atoms with Gasteiger partial charge in [-0.3, -0.25) is 4.99 Å². The molecule has 1 rings (SSSR count). The Morgan fingerprint density at radius 1 is 0.218 bits per heavy atom. The molecule has 0 aromatic heterocycles. The number of allylic oxidation sites excluding steroid dienone is 2. The van der Waals surface area contributed by atoms with Gasteiger partial charge in [-0.2, -0.15) is 0 Å². The second kappa shape index (κ2) is 65.6. The normalized spacial score (nSPS) is 14.7. The van der Waals surface area contributed by atoms with Gasteiger partial charge in [0.2, 0.25) is 0 Å². The van der Waals surface area contributed by atoms with Gasteiger partial charge >= 0.3 is 0 Å². The van der Waals surface area contributed by atoms with Crippen LogP contribution in [0.15, 0.2) is 16.3 Å². The van der Waals surface area contributed by atoms with Crippen molar-refractivity contribution in [3.8, 4) is 0 Å². The van der Waals surface area contributed by atoms with Crippen LogP contribution >= 0.6 is 0 Å². The Hall–Kier alpha value is -0.590. The van der Waals surface area contributed by atoms with Gasteiger partial charge in [0.05, 0.1) is 0 Å². The Morgan fingerprint density at radius 3 is 0.654 bits per heavy atom. The van der Waals surface area contributed by atoms with Gasteiger partial charge in [-0.15, -0.1) is 0 Å². The molecule has 0 amide bonds. The van der Waals surface area contributed by atoms with Crippen molar-refractivity contribution in [3.63, 3.8) is 0 Å². The van der Waals surface area contributed by atoms with Gasteiger partial charge in [0.15, 0.2) is 0 Å². The van der Waals surface area contributed by atoms with E-state index >= 15 is 0 Å². The Bertz CT molecular complexity index is 1160. The zero-order chi connectivity index (χ0) is 55.8. The molecule has 1 heterocycles. The van der Waals surface area contributed by atoms with Gasteiger partial charge < -0.3 is 0 Å². The molecule has 0 aromatic rings. The maximum atomic E-state index is 5.51. The summed E-state index contributed by atoms with van der Waals surface area (Å²) in [5.41, 5.74) is 3.44. The molecule has 0 aromatic carbocycles. The summed E-state index contributed by atoms with van der Waals surface area (Å²) in [6.45, 7) is 9.32. The maximum Gasteiger partial charge on any atom is 0.0394 e. The molecule has 1 heteroatoms. The average Bonchev–Trinajstić information content (AvgIpc) is 3.45. The highest BCUT2D eigenvalue weighted by atomic mass is 14.8. The van der Waals surface area contributed by atoms with E-state index < -0.39 is 0 Å². The van der Waals surface area contributed by atoms with Crippen LogP contribution in [0.3, 0.4) is 0 Å². The predicted molar refractivity (Wildman–Crippen MR) is 359 cm³/mol. The third-order valence-corrected chi connectivity index (χ3v) is 19.1. The number of hydrogen-bond acceptors (Lipinski definition) is 1. The van der Waals surface area contributed by atoms with Gasteiger partial charge in [0, 0.05) is 17.8 Å². The number of hydrogen-bond donors (Lipinski definition) is 0. The molecular formula is C77H151N. The van der Waals surface area contributed by atoms with E-state index in [1.807, 2.05) is 5.57 Å². The van der Waals surface area contributed by atoms with Gasteiger partial charge in [-0.05, 0) is 50.0 Å². The van der Waals surface area contributed by atoms with Crippen LogP contribution in [0.5, 0.6) is 0 Å². The fourth-order valence-corrected chi connectivity index (χ4v) is 13.6. The molecule has 0 aliphatic carbocycles. The van der Waals surface area contributed by atoms with Crippen LogP contribution in [0.2, 0.25) is 0 Å². The highest BCUT2D eigenvalue weighted by molar-refractivity contribution is 5.66. The quantitative estimate of drug-likeness (QED) is 0.0538. The first-order valence-electron chi connectivity index (χ1n) is 38.0. The van der Waals surface area contributed by atoms with Crippen LogP contribution in [-0.2, 0) is 0 Å². The van der Waals surface area contributed by atoms with Crippen molar-refractivity contribution in [1.29, 1.82) is 0 Å². The monoisotopic (exact) mass is 1090 g/mol. The molecule has 2 unspecified atom stereocenters. The van der Waals surface area contributed by atoms with Crippen molar-refractivity contribution in [1.82, 2.24) is 0 Å². The van der Waals surface area contributed by atoms with Crippen LogP contribution in [-0.4, -0.2) is 6.21 Å². The lowest BCUT2D eigenvalue weighted by Crippen LogP contribution is -2.24. The van der Waals surface area contributed by atoms with E-state index in [1.165, 1.54) is 437 Å². The molecule has 464 valence electrons. The minimum atomic E-state index is 0.693. The summed E-state index contributed by atoms with van der Waals surface area (Å²) in [7, 11) is 0. The lowest BCUT2D eigenvalue weighted by atomic mass is 9.75. The Balaban J connectivity index is 2.70. The highest BCUT2D eigenvalue weighted by Crippen LogP contribution is 2.39. The van der Waals surface area contributed by atoms with Crippen molar-refractivity contribution in [2.45, 2.75) is 464 Å². The maximum absolute atomic E-state index is 5.51. The second-order valence-electron chi connectivity index (χ2n) is 26.8. The minimum Gasteiger partial charge on any atom is -0.265 e. The number of aliphatic imine (C=N–C) groups is 1. The van der Waals surface area contributed by atoms with Crippen LogP contribution in [0, 0.1) is 11.8 Å². The summed E-state index contributed by atoms with van der Waals surface area (Å²) in [4.78, 5) is 5.51. The zero-order valence-corrected chi connectivity index (χ0v) is 55.3. The third-order valence-electron chi connectivity index (χ3n) is 19.1. The minimum absolute atomic E-state index is 0.693. The lowest BCUT2D eigenvalue weighted by molar-refractivity contribution is 0.373. The first-order chi connectivity index (χ1) is 38.8. The Labute approximate surface area is 496 Å². The van der Waals surface area contributed by atoms with E-state index in [2.05, 4.69) is 33.9 Å². The molecular weight excluding hydrogens is 939 g/mol. The van der Waals surface area contributed by atoms with Crippen molar-refractivity contribution >= 4 is 6.21 Å². The van der Waals surface area contributed by atoms with Crippen molar-refractivity contribution in [3.05, 3.63) is 11.3 Å². The Morgan fingerprint density at radius 2 is 0.410 bits per heavy atom. The summed E-state index contributed by atoms with van der Waals surface area (Å²) in [5, 5.41) is 0. The van der Waals surface area contributed by atoms with E-state index in [9.17, 15) is 0 Å². The van der Waals surface area contributed by atoms with E-state index in [0.717, 1.165) is 5.92 Å². The summed E-state index contributed by atoms with van der Waals surface area (Å²) < 4.78 is 0. The second-order valence-corrected chi connectivity index (χ2v) is 26.8. The number of rotatable bonds is 68. The molecule has 0 saturated heterocycles. The Kier molecular flexibility index (Phi) is 63.4. The standard InChI is InChI=1S/C77H151N/c1-5-9-13-17-21-25-29-33-37-41-45-49-53-57-61-65-69-74-73-78-77(72-68-64-60-56-52-48-44-40-36-32-28-24-20-16-12-8-4)76(71-67-63-59-55-51-47-43-39-35-31-27-23-19-15-11-7-3)75(74)70-66-62-58-54-50-46-42-38-34-30-26-22-18-14-10-6-2/h73-75H,5-72H2,1-4H3. The molecule has 0 spiro atoms. The molecule has 78 heavy (non-hydrogen) atoms. The fraction of sp³-hybridized carbons (Fsp3) is 0.961. The van der Waals surface area contributed by atoms with Gasteiger partial charge in [0.1, 0.15) is 0 Å². The van der Waals surface area contributed by atoms with Crippen molar-refractivity contribution in [2.75, 3.05) is 0 Å². The molecule has 0 fully saturated rings. The van der Waals surface area contributed by atoms with E-state index in [0.29, 0.717) is 5.92 Å². The molecule has 0 radical (unpaired) electrons. The van der Waals surface area contributed by atoms with Crippen molar-refractivity contribution in [2.24, 2.45) is 16.8 Å². The largest absolute Gasteiger partial charge is 0.265 e. The fourth-order valence-electron chi connectivity index (χ4n) is 13.6. The SMILES string of the molecule is CCCCCCCCCCCCCCCCCCC1=C(CCCCCCCCCCCCCCCCCC)C(CCCCCCCCCCCCCCCCCC)C(CCCCCCCCCCCCCCCCCC)C=N1. The molecule has 0 N–H and O–H groups in total. The third kappa shape index (κ3) is 53.4. The van der Waals surface area contributed by atoms with Gasteiger partial charge in [-0.25, -0.2) is 0 Å². The van der Waals surface area contributed by atoms with Crippen LogP contribution in [0.4, 0.5) is 0 Å². The molecule has 0 saturated carbocycles. The van der Waals surface area contributed by atoms with E-state index in [4.69, 9.17) is 4.99 Å². The summed E-state index contributed by atoms with van der Waals surface area (Å²) in [5.74, 6) is 1.47. The number of unbranched alkanes of at least 4 members (excludes halogenated alkanes) is 60. The predicted octanol–water partition coefficient (Wildman–Crippen LogP) is 29.2. The zero-order valence-electron chi connectivity index (χ0n) is 55.3. The summed E-state index contributed by atoms with van der Waals surface area (Å²) >= 11 is 0. The summed E-state index contributed by atoms with van der Waals surface area (Å²) in [6.07, 6.45) is 101. The van der Waals surface area contributed by atoms with Crippen LogP contribution in [0.1, 0.15) is 464 Å². The average molecular weight is 1090 g/mol. The van der Waals surface area contributed by atoms with Crippen molar-refractivity contribution < 1.29 is 0 Å². The molecule has 2 atom stereocenters. The van der Waals surface area contributed by atoms with Gasteiger partial charge in [-0.1, -0.05) is 426 Å². The lowest BCUT2D eigenvalue weighted by Gasteiger charge is -2.32.